The summed E-state index contributed by atoms with van der Waals surface area (Å²) in [6, 6.07) is 0. The topological polar surface area (TPSA) is 26.3 Å². The second-order valence-electron chi connectivity index (χ2n) is 2.70. The molecule has 0 radical (unpaired) electrons. The zero-order chi connectivity index (χ0) is 9.40. The van der Waals surface area contributed by atoms with Gasteiger partial charge in [0.15, 0.2) is 0 Å². The van der Waals surface area contributed by atoms with Gasteiger partial charge >= 0.3 is 5.97 Å². The normalized spacial score (nSPS) is 11.4. The quantitative estimate of drug-likeness (QED) is 0.468. The molecule has 0 N–H and O–H groups in total. The summed E-state index contributed by atoms with van der Waals surface area (Å²) in [5.74, 6) is -0.120. The van der Waals surface area contributed by atoms with Crippen molar-refractivity contribution in [2.45, 2.75) is 39.5 Å². The summed E-state index contributed by atoms with van der Waals surface area (Å²) in [6.45, 7) is 4.21. The molecule has 2 heteroatoms. The average molecular weight is 170 g/mol. The van der Waals surface area contributed by atoms with Crippen LogP contribution in [0.4, 0.5) is 0 Å². The van der Waals surface area contributed by atoms with Crippen molar-refractivity contribution in [2.24, 2.45) is 0 Å². The van der Waals surface area contributed by atoms with E-state index in [0.717, 1.165) is 19.3 Å². The molecular weight excluding hydrogens is 152 g/mol. The molecule has 0 aliphatic rings. The molecule has 70 valence electrons. The fourth-order valence-electron chi connectivity index (χ4n) is 1.08. The Balaban J connectivity index is 3.73. The molecule has 0 bridgehead atoms. The van der Waals surface area contributed by atoms with Crippen molar-refractivity contribution >= 4 is 5.97 Å². The van der Waals surface area contributed by atoms with E-state index in [9.17, 15) is 4.79 Å². The first-order valence-corrected chi connectivity index (χ1v) is 4.49. The lowest BCUT2D eigenvalue weighted by atomic mass is 10.1. The molecular formula is C10H18O2. The van der Waals surface area contributed by atoms with E-state index >= 15 is 0 Å². The fraction of sp³-hybridized carbons (Fsp3) is 0.700. The van der Waals surface area contributed by atoms with Crippen LogP contribution in [0.5, 0.6) is 0 Å². The third kappa shape index (κ3) is 4.94. The molecule has 0 rings (SSSR count). The Morgan fingerprint density at radius 3 is 2.42 bits per heavy atom. The molecule has 0 heterocycles. The second kappa shape index (κ2) is 6.89. The van der Waals surface area contributed by atoms with Crippen LogP contribution in [-0.4, -0.2) is 13.1 Å². The minimum absolute atomic E-state index is 0.120. The summed E-state index contributed by atoms with van der Waals surface area (Å²) < 4.78 is 4.56. The van der Waals surface area contributed by atoms with Gasteiger partial charge in [0.2, 0.25) is 0 Å². The summed E-state index contributed by atoms with van der Waals surface area (Å²) in [5.41, 5.74) is 1.35. The van der Waals surface area contributed by atoms with Crippen LogP contribution in [-0.2, 0) is 9.53 Å². The highest BCUT2D eigenvalue weighted by Crippen LogP contribution is 2.10. The van der Waals surface area contributed by atoms with Crippen LogP contribution >= 0.6 is 0 Å². The highest BCUT2D eigenvalue weighted by molar-refractivity contribution is 5.69. The zero-order valence-electron chi connectivity index (χ0n) is 8.22. The molecule has 2 nitrogen and oxygen atoms in total. The van der Waals surface area contributed by atoms with Crippen molar-refractivity contribution in [2.75, 3.05) is 7.11 Å². The fourth-order valence-corrected chi connectivity index (χ4v) is 1.08. The molecule has 0 saturated heterocycles. The smallest absolute Gasteiger partial charge is 0.305 e. The van der Waals surface area contributed by atoms with E-state index in [1.807, 2.05) is 0 Å². The summed E-state index contributed by atoms with van der Waals surface area (Å²) in [7, 11) is 1.43. The number of esters is 1. The number of carbonyl (C=O) groups is 1. The maximum absolute atomic E-state index is 10.8. The highest BCUT2D eigenvalue weighted by Gasteiger charge is 2.01. The lowest BCUT2D eigenvalue weighted by Gasteiger charge is -2.02. The Kier molecular flexibility index (Phi) is 6.44. The Hall–Kier alpha value is -0.790. The molecule has 0 aliphatic carbocycles. The van der Waals surface area contributed by atoms with E-state index < -0.39 is 0 Å². The summed E-state index contributed by atoms with van der Waals surface area (Å²) >= 11 is 0. The van der Waals surface area contributed by atoms with Crippen LogP contribution in [0.15, 0.2) is 11.6 Å². The van der Waals surface area contributed by atoms with Crippen LogP contribution < -0.4 is 0 Å². The minimum Gasteiger partial charge on any atom is -0.469 e. The van der Waals surface area contributed by atoms with Gasteiger partial charge in [0.05, 0.1) is 7.11 Å². The van der Waals surface area contributed by atoms with Crippen molar-refractivity contribution in [3.8, 4) is 0 Å². The first-order chi connectivity index (χ1) is 5.74. The molecule has 0 fully saturated rings. The molecule has 0 amide bonds. The number of methoxy groups -OCH3 is 1. The van der Waals surface area contributed by atoms with Crippen molar-refractivity contribution < 1.29 is 9.53 Å². The number of hydrogen-bond acceptors (Lipinski definition) is 2. The molecule has 0 aromatic carbocycles. The van der Waals surface area contributed by atoms with Crippen molar-refractivity contribution in [3.05, 3.63) is 11.6 Å². The first kappa shape index (κ1) is 11.2. The van der Waals surface area contributed by atoms with Gasteiger partial charge in [0.25, 0.3) is 0 Å². The predicted molar refractivity (Wildman–Crippen MR) is 49.9 cm³/mol. The number of ether oxygens (including phenoxy) is 1. The monoisotopic (exact) mass is 170 g/mol. The van der Waals surface area contributed by atoms with Gasteiger partial charge < -0.3 is 4.74 Å². The van der Waals surface area contributed by atoms with Crippen LogP contribution in [0.25, 0.3) is 0 Å². The van der Waals surface area contributed by atoms with Crippen LogP contribution in [0.3, 0.4) is 0 Å². The van der Waals surface area contributed by atoms with E-state index in [0.29, 0.717) is 6.42 Å². The van der Waals surface area contributed by atoms with Gasteiger partial charge in [0.1, 0.15) is 0 Å². The molecule has 0 spiro atoms. The molecule has 0 atom stereocenters. The lowest BCUT2D eigenvalue weighted by Crippen LogP contribution is -2.00. The number of hydrogen-bond donors (Lipinski definition) is 0. The third-order valence-electron chi connectivity index (χ3n) is 1.82. The van der Waals surface area contributed by atoms with Gasteiger partial charge in [-0.05, 0) is 19.3 Å². The van der Waals surface area contributed by atoms with E-state index in [1.54, 1.807) is 0 Å². The van der Waals surface area contributed by atoms with Gasteiger partial charge in [0, 0.05) is 6.42 Å². The SMILES string of the molecule is CC/C=C(\CC)CCC(=O)OC. The van der Waals surface area contributed by atoms with E-state index in [1.165, 1.54) is 12.7 Å². The Morgan fingerprint density at radius 2 is 2.00 bits per heavy atom. The number of carbonyl (C=O) groups excluding carboxylic acids is 1. The third-order valence-corrected chi connectivity index (χ3v) is 1.82. The Bertz CT molecular complexity index is 159. The molecule has 0 saturated carbocycles. The Labute approximate surface area is 74.6 Å². The molecule has 12 heavy (non-hydrogen) atoms. The molecule has 0 aliphatic heterocycles. The van der Waals surface area contributed by atoms with Crippen LogP contribution in [0.1, 0.15) is 39.5 Å². The van der Waals surface area contributed by atoms with Crippen molar-refractivity contribution in [1.29, 1.82) is 0 Å². The Morgan fingerprint density at radius 1 is 1.33 bits per heavy atom. The van der Waals surface area contributed by atoms with Gasteiger partial charge in [-0.25, -0.2) is 0 Å². The summed E-state index contributed by atoms with van der Waals surface area (Å²) in [4.78, 5) is 10.8. The predicted octanol–water partition coefficient (Wildman–Crippen LogP) is 2.69. The average Bonchev–Trinajstić information content (AvgIpc) is 2.11. The van der Waals surface area contributed by atoms with Crippen molar-refractivity contribution in [1.82, 2.24) is 0 Å². The maximum Gasteiger partial charge on any atom is 0.305 e. The highest BCUT2D eigenvalue weighted by atomic mass is 16.5. The zero-order valence-corrected chi connectivity index (χ0v) is 8.22. The van der Waals surface area contributed by atoms with Gasteiger partial charge in [-0.15, -0.1) is 0 Å². The van der Waals surface area contributed by atoms with E-state index in [4.69, 9.17) is 0 Å². The van der Waals surface area contributed by atoms with Crippen LogP contribution in [0, 0.1) is 0 Å². The molecule has 0 unspecified atom stereocenters. The van der Waals surface area contributed by atoms with E-state index in [2.05, 4.69) is 24.7 Å². The maximum atomic E-state index is 10.8. The largest absolute Gasteiger partial charge is 0.469 e. The summed E-state index contributed by atoms with van der Waals surface area (Å²) in [5, 5.41) is 0. The van der Waals surface area contributed by atoms with Gasteiger partial charge in [-0.3, -0.25) is 4.79 Å². The van der Waals surface area contributed by atoms with Crippen molar-refractivity contribution in [3.63, 3.8) is 0 Å². The first-order valence-electron chi connectivity index (χ1n) is 4.49. The minimum atomic E-state index is -0.120. The second-order valence-corrected chi connectivity index (χ2v) is 2.70. The summed E-state index contributed by atoms with van der Waals surface area (Å²) in [6.07, 6.45) is 5.62. The van der Waals surface area contributed by atoms with E-state index in [-0.39, 0.29) is 5.97 Å². The lowest BCUT2D eigenvalue weighted by molar-refractivity contribution is -0.140. The standard InChI is InChI=1S/C10H18O2/c1-4-6-9(5-2)7-8-10(11)12-3/h6H,4-5,7-8H2,1-3H3/b9-6+. The van der Waals surface area contributed by atoms with Gasteiger partial charge in [-0.1, -0.05) is 25.5 Å². The van der Waals surface area contributed by atoms with Gasteiger partial charge in [-0.2, -0.15) is 0 Å². The molecule has 0 aromatic heterocycles. The van der Waals surface area contributed by atoms with Crippen LogP contribution in [0.2, 0.25) is 0 Å². The molecule has 0 aromatic rings. The number of allylic oxidation sites excluding steroid dienone is 2. The number of rotatable bonds is 5.